The van der Waals surface area contributed by atoms with Crippen molar-refractivity contribution < 1.29 is 19.6 Å². The van der Waals surface area contributed by atoms with Crippen molar-refractivity contribution in [1.82, 2.24) is 5.32 Å². The van der Waals surface area contributed by atoms with Gasteiger partial charge in [-0.15, -0.1) is 0 Å². The van der Waals surface area contributed by atoms with E-state index in [0.717, 1.165) is 6.08 Å². The van der Waals surface area contributed by atoms with Crippen LogP contribution in [0.2, 0.25) is 15.1 Å². The summed E-state index contributed by atoms with van der Waals surface area (Å²) >= 11 is 22.5. The smallest absolute Gasteiger partial charge is 0.337 e. The quantitative estimate of drug-likeness (QED) is 0.247. The Kier molecular flexibility index (Phi) is 7.52. The van der Waals surface area contributed by atoms with Crippen LogP contribution in [0.5, 0.6) is 0 Å². The molecule has 0 saturated heterocycles. The molecule has 0 atom stereocenters. The van der Waals surface area contributed by atoms with Gasteiger partial charge in [0.15, 0.2) is 5.11 Å². The predicted molar refractivity (Wildman–Crippen MR) is 115 cm³/mol. The summed E-state index contributed by atoms with van der Waals surface area (Å²) in [6, 6.07) is 6.52. The van der Waals surface area contributed by atoms with Gasteiger partial charge in [0.25, 0.3) is 5.69 Å². The number of carbonyl (C=O) groups excluding carboxylic acids is 1. The van der Waals surface area contributed by atoms with Crippen molar-refractivity contribution in [2.45, 2.75) is 0 Å². The highest BCUT2D eigenvalue weighted by Gasteiger charge is 2.17. The molecule has 2 rings (SSSR count). The number of anilines is 1. The third kappa shape index (κ3) is 6.13. The van der Waals surface area contributed by atoms with Crippen molar-refractivity contribution >= 4 is 81.5 Å². The SMILES string of the molecule is O=C(/C=C/c1ccc(Cl)c([N+](=O)[O-])c1)NC(=S)Nc1c(Cl)cc(Cl)cc1C(=O)O. The first-order valence-corrected chi connectivity index (χ1v) is 9.09. The van der Waals surface area contributed by atoms with Gasteiger partial charge in [0.1, 0.15) is 5.02 Å². The highest BCUT2D eigenvalue weighted by atomic mass is 35.5. The standard InChI is InChI=1S/C17H10Cl3N3O5S/c18-9-6-10(16(25)26)15(12(20)7-9)22-17(29)21-14(24)4-2-8-1-3-11(19)13(5-8)23(27)28/h1-7H,(H,25,26)(H2,21,22,24,29)/b4-2+. The molecule has 3 N–H and O–H groups in total. The number of nitro groups is 1. The van der Waals surface area contributed by atoms with Gasteiger partial charge in [0, 0.05) is 17.2 Å². The summed E-state index contributed by atoms with van der Waals surface area (Å²) in [6.45, 7) is 0. The molecule has 0 heterocycles. The fourth-order valence-electron chi connectivity index (χ4n) is 2.11. The van der Waals surface area contributed by atoms with Crippen LogP contribution in [-0.2, 0) is 4.79 Å². The zero-order valence-electron chi connectivity index (χ0n) is 14.1. The average molecular weight is 475 g/mol. The van der Waals surface area contributed by atoms with Crippen LogP contribution in [0.3, 0.4) is 0 Å². The number of aromatic carboxylic acids is 1. The summed E-state index contributed by atoms with van der Waals surface area (Å²) < 4.78 is 0. The summed E-state index contributed by atoms with van der Waals surface area (Å²) in [4.78, 5) is 33.6. The number of carboxylic acid groups (broad SMARTS) is 1. The maximum Gasteiger partial charge on any atom is 0.337 e. The number of carbonyl (C=O) groups is 2. The van der Waals surface area contributed by atoms with Crippen LogP contribution in [0.4, 0.5) is 11.4 Å². The Bertz CT molecular complexity index is 1060. The van der Waals surface area contributed by atoms with Crippen LogP contribution >= 0.6 is 47.0 Å². The van der Waals surface area contributed by atoms with Gasteiger partial charge < -0.3 is 10.4 Å². The molecular formula is C17H10Cl3N3O5S. The zero-order valence-corrected chi connectivity index (χ0v) is 17.2. The Labute approximate surface area is 184 Å². The second-order valence-electron chi connectivity index (χ2n) is 5.36. The predicted octanol–water partition coefficient (Wildman–Crippen LogP) is 4.78. The molecule has 0 unspecified atom stereocenters. The lowest BCUT2D eigenvalue weighted by Gasteiger charge is -2.13. The van der Waals surface area contributed by atoms with Crippen LogP contribution in [0, 0.1) is 10.1 Å². The van der Waals surface area contributed by atoms with Gasteiger partial charge >= 0.3 is 5.97 Å². The van der Waals surface area contributed by atoms with E-state index in [1.165, 1.54) is 36.4 Å². The summed E-state index contributed by atoms with van der Waals surface area (Å²) in [5, 5.41) is 24.8. The normalized spacial score (nSPS) is 10.6. The summed E-state index contributed by atoms with van der Waals surface area (Å²) in [5.74, 6) is -1.96. The molecule has 8 nitrogen and oxygen atoms in total. The fourth-order valence-corrected chi connectivity index (χ4v) is 3.04. The van der Waals surface area contributed by atoms with Crippen molar-refractivity contribution in [2.24, 2.45) is 0 Å². The van der Waals surface area contributed by atoms with Gasteiger partial charge in [-0.2, -0.15) is 0 Å². The van der Waals surface area contributed by atoms with Gasteiger partial charge in [-0.25, -0.2) is 4.79 Å². The molecule has 1 amide bonds. The number of thiocarbonyl (C=S) groups is 1. The number of benzene rings is 2. The first kappa shape index (κ1) is 22.6. The molecule has 12 heteroatoms. The first-order chi connectivity index (χ1) is 13.6. The molecular weight excluding hydrogens is 465 g/mol. The number of nitrogens with zero attached hydrogens (tertiary/aromatic N) is 1. The zero-order chi connectivity index (χ0) is 21.7. The molecule has 0 radical (unpaired) electrons. The van der Waals surface area contributed by atoms with Gasteiger partial charge in [0.2, 0.25) is 5.91 Å². The van der Waals surface area contributed by atoms with E-state index >= 15 is 0 Å². The van der Waals surface area contributed by atoms with E-state index in [2.05, 4.69) is 10.6 Å². The molecule has 0 spiro atoms. The van der Waals surface area contributed by atoms with Crippen molar-refractivity contribution in [2.75, 3.05) is 5.32 Å². The number of halogens is 3. The van der Waals surface area contributed by atoms with E-state index in [1.807, 2.05) is 0 Å². The summed E-state index contributed by atoms with van der Waals surface area (Å²) in [6.07, 6.45) is 2.40. The largest absolute Gasteiger partial charge is 0.478 e. The first-order valence-electron chi connectivity index (χ1n) is 7.55. The summed E-state index contributed by atoms with van der Waals surface area (Å²) in [7, 11) is 0. The molecule has 0 aliphatic heterocycles. The molecule has 0 aliphatic rings. The second-order valence-corrected chi connectivity index (χ2v) is 7.02. The van der Waals surface area contributed by atoms with Gasteiger partial charge in [-0.1, -0.05) is 40.9 Å². The monoisotopic (exact) mass is 473 g/mol. The lowest BCUT2D eigenvalue weighted by atomic mass is 10.2. The number of rotatable bonds is 5. The number of hydrogen-bond acceptors (Lipinski definition) is 5. The lowest BCUT2D eigenvalue weighted by molar-refractivity contribution is -0.384. The number of hydrogen-bond donors (Lipinski definition) is 3. The number of amides is 1. The van der Waals surface area contributed by atoms with Crippen LogP contribution in [0.25, 0.3) is 6.08 Å². The molecule has 150 valence electrons. The minimum absolute atomic E-state index is 0.00415. The summed E-state index contributed by atoms with van der Waals surface area (Å²) in [5.41, 5.74) is -0.205. The second kappa shape index (κ2) is 9.66. The van der Waals surface area contributed by atoms with Crippen LogP contribution in [0.1, 0.15) is 15.9 Å². The Balaban J connectivity index is 2.10. The van der Waals surface area contributed by atoms with E-state index in [-0.39, 0.29) is 37.1 Å². The van der Waals surface area contributed by atoms with E-state index in [0.29, 0.717) is 5.56 Å². The van der Waals surface area contributed by atoms with Gasteiger partial charge in [-0.3, -0.25) is 20.2 Å². The van der Waals surface area contributed by atoms with Crippen LogP contribution in [-0.4, -0.2) is 27.0 Å². The Morgan fingerprint density at radius 3 is 2.45 bits per heavy atom. The van der Waals surface area contributed by atoms with Crippen LogP contribution in [0.15, 0.2) is 36.4 Å². The Morgan fingerprint density at radius 1 is 1.14 bits per heavy atom. The maximum atomic E-state index is 12.0. The van der Waals surface area contributed by atoms with E-state index in [1.54, 1.807) is 0 Å². The van der Waals surface area contributed by atoms with Crippen LogP contribution < -0.4 is 10.6 Å². The van der Waals surface area contributed by atoms with Crippen molar-refractivity contribution in [3.63, 3.8) is 0 Å². The van der Waals surface area contributed by atoms with Crippen molar-refractivity contribution in [3.8, 4) is 0 Å². The fraction of sp³-hybridized carbons (Fsp3) is 0. The maximum absolute atomic E-state index is 12.0. The van der Waals surface area contributed by atoms with Gasteiger partial charge in [0.05, 0.1) is 21.2 Å². The molecule has 0 fully saturated rings. The van der Waals surface area contributed by atoms with Gasteiger partial charge in [-0.05, 0) is 42.1 Å². The van der Waals surface area contributed by atoms with Crippen molar-refractivity contribution in [1.29, 1.82) is 0 Å². The minimum atomic E-state index is -1.30. The topological polar surface area (TPSA) is 122 Å². The lowest BCUT2D eigenvalue weighted by Crippen LogP contribution is -2.33. The Morgan fingerprint density at radius 2 is 1.83 bits per heavy atom. The van der Waals surface area contributed by atoms with Crippen molar-refractivity contribution in [3.05, 3.63) is 72.7 Å². The number of nitrogens with one attached hydrogen (secondary N) is 2. The molecule has 0 aromatic heterocycles. The number of nitro benzene ring substituents is 1. The van der Waals surface area contributed by atoms with E-state index in [9.17, 15) is 24.8 Å². The minimum Gasteiger partial charge on any atom is -0.478 e. The van der Waals surface area contributed by atoms with E-state index in [4.69, 9.17) is 47.0 Å². The molecule has 0 aliphatic carbocycles. The van der Waals surface area contributed by atoms with E-state index < -0.39 is 16.8 Å². The molecule has 29 heavy (non-hydrogen) atoms. The molecule has 2 aromatic rings. The molecule has 0 bridgehead atoms. The average Bonchev–Trinajstić information content (AvgIpc) is 2.62. The third-order valence-corrected chi connectivity index (χ3v) is 4.39. The molecule has 0 saturated carbocycles. The Hall–Kier alpha value is -2.72. The highest BCUT2D eigenvalue weighted by Crippen LogP contribution is 2.30. The third-order valence-electron chi connectivity index (χ3n) is 3.35. The number of carboxylic acids is 1. The highest BCUT2D eigenvalue weighted by molar-refractivity contribution is 7.80. The molecule has 2 aromatic carbocycles.